The lowest BCUT2D eigenvalue weighted by Crippen LogP contribution is -2.31. The summed E-state index contributed by atoms with van der Waals surface area (Å²) in [5.74, 6) is 0.221. The molecule has 1 amide bonds. The Balaban J connectivity index is 1.97. The molecule has 0 radical (unpaired) electrons. The fourth-order valence-electron chi connectivity index (χ4n) is 1.92. The molecule has 0 fully saturated rings. The molecule has 0 spiro atoms. The maximum Gasteiger partial charge on any atom is 0.246 e. The van der Waals surface area contributed by atoms with Gasteiger partial charge in [0.15, 0.2) is 0 Å². The highest BCUT2D eigenvalue weighted by Crippen LogP contribution is 2.17. The lowest BCUT2D eigenvalue weighted by molar-refractivity contribution is -0.116. The zero-order valence-electron chi connectivity index (χ0n) is 12.8. The topological polar surface area (TPSA) is 50.4 Å². The minimum absolute atomic E-state index is 0.203. The number of benzene rings is 2. The van der Waals surface area contributed by atoms with Crippen LogP contribution in [0.3, 0.4) is 0 Å². The molecule has 0 saturated heterocycles. The summed E-state index contributed by atoms with van der Waals surface area (Å²) in [4.78, 5) is 12.1. The zero-order chi connectivity index (χ0) is 16.1. The number of methoxy groups -OCH3 is 1. The van der Waals surface area contributed by atoms with E-state index in [0.29, 0.717) is 16.9 Å². The van der Waals surface area contributed by atoms with Gasteiger partial charge in [0.25, 0.3) is 0 Å². The molecule has 1 unspecified atom stereocenters. The number of carbonyl (C=O) groups is 1. The van der Waals surface area contributed by atoms with E-state index in [1.54, 1.807) is 57.4 Å². The number of halogens is 1. The summed E-state index contributed by atoms with van der Waals surface area (Å²) < 4.78 is 18.6. The van der Waals surface area contributed by atoms with Crippen LogP contribution in [0, 0.1) is 12.7 Å². The second-order valence-corrected chi connectivity index (χ2v) is 5.05. The highest BCUT2D eigenvalue weighted by molar-refractivity contribution is 5.96. The molecule has 0 aromatic heterocycles. The van der Waals surface area contributed by atoms with Crippen molar-refractivity contribution in [3.8, 4) is 5.75 Å². The van der Waals surface area contributed by atoms with E-state index in [2.05, 4.69) is 10.6 Å². The maximum absolute atomic E-state index is 13.5. The predicted molar refractivity (Wildman–Crippen MR) is 85.8 cm³/mol. The Labute approximate surface area is 129 Å². The van der Waals surface area contributed by atoms with Crippen LogP contribution in [0.2, 0.25) is 0 Å². The van der Waals surface area contributed by atoms with E-state index in [9.17, 15) is 9.18 Å². The van der Waals surface area contributed by atoms with Crippen molar-refractivity contribution >= 4 is 17.3 Å². The Bertz CT molecular complexity index is 656. The lowest BCUT2D eigenvalue weighted by atomic mass is 10.2. The number of hydrogen-bond donors (Lipinski definition) is 2. The summed E-state index contributed by atoms with van der Waals surface area (Å²) in [6, 6.07) is 11.4. The Kier molecular flexibility index (Phi) is 4.99. The second kappa shape index (κ2) is 6.93. The molecule has 2 aromatic rings. The van der Waals surface area contributed by atoms with Gasteiger partial charge < -0.3 is 15.4 Å². The average Bonchev–Trinajstić information content (AvgIpc) is 2.51. The van der Waals surface area contributed by atoms with Crippen molar-refractivity contribution in [2.24, 2.45) is 0 Å². The van der Waals surface area contributed by atoms with Gasteiger partial charge >= 0.3 is 0 Å². The standard InChI is InChI=1S/C17H19FN2O2/c1-11-4-5-14(10-16(11)18)19-12(2)17(21)20-13-6-8-15(22-3)9-7-13/h4-10,12,19H,1-3H3,(H,20,21). The van der Waals surface area contributed by atoms with E-state index in [4.69, 9.17) is 4.74 Å². The number of aryl methyl sites for hydroxylation is 1. The first-order chi connectivity index (χ1) is 10.5. The van der Waals surface area contributed by atoms with Gasteiger partial charge in [-0.25, -0.2) is 4.39 Å². The van der Waals surface area contributed by atoms with E-state index >= 15 is 0 Å². The smallest absolute Gasteiger partial charge is 0.246 e. The third-order valence-electron chi connectivity index (χ3n) is 3.31. The Hall–Kier alpha value is -2.56. The van der Waals surface area contributed by atoms with E-state index in [1.807, 2.05) is 0 Å². The molecule has 116 valence electrons. The number of rotatable bonds is 5. The summed E-state index contributed by atoms with van der Waals surface area (Å²) in [5, 5.41) is 5.76. The third kappa shape index (κ3) is 3.97. The average molecular weight is 302 g/mol. The highest BCUT2D eigenvalue weighted by atomic mass is 19.1. The Morgan fingerprint density at radius 1 is 1.14 bits per heavy atom. The van der Waals surface area contributed by atoms with Gasteiger partial charge in [-0.1, -0.05) is 6.07 Å². The van der Waals surface area contributed by atoms with Gasteiger partial charge in [0.1, 0.15) is 17.6 Å². The monoisotopic (exact) mass is 302 g/mol. The summed E-state index contributed by atoms with van der Waals surface area (Å²) in [6.07, 6.45) is 0. The summed E-state index contributed by atoms with van der Waals surface area (Å²) in [6.45, 7) is 3.41. The first kappa shape index (κ1) is 15.8. The molecule has 4 nitrogen and oxygen atoms in total. The maximum atomic E-state index is 13.5. The molecule has 5 heteroatoms. The van der Waals surface area contributed by atoms with E-state index in [-0.39, 0.29) is 11.7 Å². The molecule has 2 N–H and O–H groups in total. The van der Waals surface area contributed by atoms with Crippen molar-refractivity contribution in [1.82, 2.24) is 0 Å². The highest BCUT2D eigenvalue weighted by Gasteiger charge is 2.13. The zero-order valence-corrected chi connectivity index (χ0v) is 12.8. The van der Waals surface area contributed by atoms with Crippen LogP contribution in [0.25, 0.3) is 0 Å². The molecule has 0 aliphatic rings. The first-order valence-electron chi connectivity index (χ1n) is 6.97. The van der Waals surface area contributed by atoms with Gasteiger partial charge in [-0.15, -0.1) is 0 Å². The number of nitrogens with one attached hydrogen (secondary N) is 2. The SMILES string of the molecule is COc1ccc(NC(=O)C(C)Nc2ccc(C)c(F)c2)cc1. The van der Waals surface area contributed by atoms with Gasteiger partial charge in [-0.2, -0.15) is 0 Å². The molecule has 1 atom stereocenters. The van der Waals surface area contributed by atoms with E-state index in [0.717, 1.165) is 5.75 Å². The minimum Gasteiger partial charge on any atom is -0.497 e. The van der Waals surface area contributed by atoms with Crippen LogP contribution in [-0.2, 0) is 4.79 Å². The number of carbonyl (C=O) groups excluding carboxylic acids is 1. The number of ether oxygens (including phenoxy) is 1. The number of hydrogen-bond acceptors (Lipinski definition) is 3. The molecular formula is C17H19FN2O2. The largest absolute Gasteiger partial charge is 0.497 e. The second-order valence-electron chi connectivity index (χ2n) is 5.05. The quantitative estimate of drug-likeness (QED) is 0.887. The van der Waals surface area contributed by atoms with Crippen LogP contribution in [0.5, 0.6) is 5.75 Å². The molecule has 0 aliphatic heterocycles. The summed E-state index contributed by atoms with van der Waals surface area (Å²) in [5.41, 5.74) is 1.82. The van der Waals surface area contributed by atoms with Crippen molar-refractivity contribution in [2.45, 2.75) is 19.9 Å². The normalized spacial score (nSPS) is 11.6. The number of anilines is 2. The van der Waals surface area contributed by atoms with Gasteiger partial charge in [0.05, 0.1) is 7.11 Å². The molecule has 0 heterocycles. The molecule has 0 bridgehead atoms. The van der Waals surface area contributed by atoms with Crippen molar-refractivity contribution < 1.29 is 13.9 Å². The van der Waals surface area contributed by atoms with Crippen molar-refractivity contribution in [2.75, 3.05) is 17.7 Å². The van der Waals surface area contributed by atoms with Crippen LogP contribution >= 0.6 is 0 Å². The van der Waals surface area contributed by atoms with Crippen LogP contribution in [0.15, 0.2) is 42.5 Å². The first-order valence-corrected chi connectivity index (χ1v) is 6.97. The van der Waals surface area contributed by atoms with Crippen LogP contribution < -0.4 is 15.4 Å². The van der Waals surface area contributed by atoms with E-state index < -0.39 is 6.04 Å². The molecule has 2 rings (SSSR count). The molecule has 22 heavy (non-hydrogen) atoms. The predicted octanol–water partition coefficient (Wildman–Crippen LogP) is 3.58. The fourth-order valence-corrected chi connectivity index (χ4v) is 1.92. The van der Waals surface area contributed by atoms with Crippen molar-refractivity contribution in [3.63, 3.8) is 0 Å². The third-order valence-corrected chi connectivity index (χ3v) is 3.31. The van der Waals surface area contributed by atoms with Crippen molar-refractivity contribution in [1.29, 1.82) is 0 Å². The molecular weight excluding hydrogens is 283 g/mol. The van der Waals surface area contributed by atoms with Gasteiger partial charge in [0, 0.05) is 11.4 Å². The summed E-state index contributed by atoms with van der Waals surface area (Å²) in [7, 11) is 1.58. The van der Waals surface area contributed by atoms with Crippen LogP contribution in [0.1, 0.15) is 12.5 Å². The lowest BCUT2D eigenvalue weighted by Gasteiger charge is -2.16. The van der Waals surface area contributed by atoms with Gasteiger partial charge in [-0.3, -0.25) is 4.79 Å². The summed E-state index contributed by atoms with van der Waals surface area (Å²) >= 11 is 0. The fraction of sp³-hybridized carbons (Fsp3) is 0.235. The molecule has 2 aromatic carbocycles. The molecule has 0 saturated carbocycles. The minimum atomic E-state index is -0.496. The van der Waals surface area contributed by atoms with Crippen LogP contribution in [-0.4, -0.2) is 19.1 Å². The Morgan fingerprint density at radius 3 is 2.36 bits per heavy atom. The van der Waals surface area contributed by atoms with Gasteiger partial charge in [0.2, 0.25) is 5.91 Å². The van der Waals surface area contributed by atoms with Crippen LogP contribution in [0.4, 0.5) is 15.8 Å². The van der Waals surface area contributed by atoms with E-state index in [1.165, 1.54) is 6.07 Å². The van der Waals surface area contributed by atoms with Crippen molar-refractivity contribution in [3.05, 3.63) is 53.8 Å². The number of amides is 1. The molecule has 0 aliphatic carbocycles. The van der Waals surface area contributed by atoms with Gasteiger partial charge in [-0.05, 0) is 55.8 Å². The Morgan fingerprint density at radius 2 is 1.77 bits per heavy atom.